The average molecular weight is 547 g/mol. The summed E-state index contributed by atoms with van der Waals surface area (Å²) in [5.41, 5.74) is 1.65. The van der Waals surface area contributed by atoms with Gasteiger partial charge in [-0.15, -0.1) is 0 Å². The molecule has 0 aromatic heterocycles. The standard InChI is InChI=1S/C26H31ClN4O5S/c1-29(18-19-9-11-20(12-10-19)25-28-15-17-30(25)26(33)34)24(32)8-4-5-16-31(21-13-14-21)37(35,36)23-7-3-2-6-22(23)27/h2-3,6-7,9-12,21H,4-5,8,13-18H2,1H3,(H,33,34). The summed E-state index contributed by atoms with van der Waals surface area (Å²) in [6.45, 7) is 1.58. The molecule has 11 heteroatoms. The summed E-state index contributed by atoms with van der Waals surface area (Å²) >= 11 is 6.16. The molecule has 1 heterocycles. The highest BCUT2D eigenvalue weighted by atomic mass is 35.5. The molecule has 1 fully saturated rings. The molecule has 198 valence electrons. The number of carbonyl (C=O) groups is 2. The van der Waals surface area contributed by atoms with E-state index in [1.165, 1.54) is 15.3 Å². The summed E-state index contributed by atoms with van der Waals surface area (Å²) in [4.78, 5) is 31.3. The molecule has 0 spiro atoms. The zero-order valence-electron chi connectivity index (χ0n) is 20.7. The molecule has 2 aromatic rings. The van der Waals surface area contributed by atoms with Crippen LogP contribution >= 0.6 is 11.6 Å². The van der Waals surface area contributed by atoms with Gasteiger partial charge in [0.25, 0.3) is 0 Å². The lowest BCUT2D eigenvalue weighted by Crippen LogP contribution is -2.34. The fourth-order valence-corrected chi connectivity index (χ4v) is 6.60. The third-order valence-electron chi connectivity index (χ3n) is 6.53. The third-order valence-corrected chi connectivity index (χ3v) is 8.98. The molecular weight excluding hydrogens is 516 g/mol. The topological polar surface area (TPSA) is 111 Å². The Bertz CT molecular complexity index is 1280. The summed E-state index contributed by atoms with van der Waals surface area (Å²) in [7, 11) is -1.94. The van der Waals surface area contributed by atoms with Gasteiger partial charge < -0.3 is 10.0 Å². The summed E-state index contributed by atoms with van der Waals surface area (Å²) in [5.74, 6) is 0.425. The molecular formula is C26H31ClN4O5S. The highest BCUT2D eigenvalue weighted by molar-refractivity contribution is 7.89. The van der Waals surface area contributed by atoms with Crippen molar-refractivity contribution in [2.75, 3.05) is 26.7 Å². The van der Waals surface area contributed by atoms with Gasteiger partial charge in [-0.2, -0.15) is 4.31 Å². The Morgan fingerprint density at radius 3 is 2.46 bits per heavy atom. The van der Waals surface area contributed by atoms with Crippen LogP contribution in [0.25, 0.3) is 0 Å². The SMILES string of the molecule is CN(Cc1ccc(C2=NCCN2C(=O)O)cc1)C(=O)CCCCN(C1CC1)S(=O)(=O)c1ccccc1Cl. The lowest BCUT2D eigenvalue weighted by molar-refractivity contribution is -0.130. The van der Waals surface area contributed by atoms with E-state index in [1.807, 2.05) is 24.3 Å². The molecule has 1 aliphatic carbocycles. The Labute approximate surface area is 222 Å². The summed E-state index contributed by atoms with van der Waals surface area (Å²) in [6, 6.07) is 13.9. The van der Waals surface area contributed by atoms with Gasteiger partial charge in [-0.1, -0.05) is 48.0 Å². The molecule has 2 aliphatic rings. The Hall–Kier alpha value is -2.95. The number of carbonyl (C=O) groups excluding carboxylic acids is 1. The molecule has 1 aliphatic heterocycles. The second-order valence-electron chi connectivity index (χ2n) is 9.32. The summed E-state index contributed by atoms with van der Waals surface area (Å²) in [5, 5.41) is 9.51. The first-order chi connectivity index (χ1) is 17.7. The Morgan fingerprint density at radius 2 is 1.81 bits per heavy atom. The first-order valence-corrected chi connectivity index (χ1v) is 14.1. The van der Waals surface area contributed by atoms with Crippen molar-refractivity contribution < 1.29 is 23.1 Å². The maximum Gasteiger partial charge on any atom is 0.413 e. The zero-order chi connectivity index (χ0) is 26.6. The maximum absolute atomic E-state index is 13.2. The number of nitrogens with zero attached hydrogens (tertiary/aromatic N) is 4. The molecule has 2 amide bonds. The number of benzene rings is 2. The second kappa shape index (κ2) is 11.6. The van der Waals surface area contributed by atoms with Crippen molar-refractivity contribution in [2.45, 2.75) is 49.6 Å². The van der Waals surface area contributed by atoms with Crippen LogP contribution < -0.4 is 0 Å². The van der Waals surface area contributed by atoms with Crippen LogP contribution in [0.2, 0.25) is 5.02 Å². The van der Waals surface area contributed by atoms with Gasteiger partial charge in [0.05, 0.1) is 18.1 Å². The van der Waals surface area contributed by atoms with E-state index >= 15 is 0 Å². The average Bonchev–Trinajstić information content (AvgIpc) is 3.57. The number of carboxylic acid groups (broad SMARTS) is 1. The van der Waals surface area contributed by atoms with E-state index in [1.54, 1.807) is 30.1 Å². The Balaban J connectivity index is 1.26. The number of amidine groups is 1. The number of amides is 2. The number of halogens is 1. The number of aliphatic imine (C=N–C) groups is 1. The molecule has 1 N–H and O–H groups in total. The number of hydrogen-bond acceptors (Lipinski definition) is 5. The van der Waals surface area contributed by atoms with Crippen LogP contribution in [0.15, 0.2) is 58.4 Å². The number of rotatable bonds is 11. The van der Waals surface area contributed by atoms with Gasteiger partial charge in [-0.3, -0.25) is 14.7 Å². The highest BCUT2D eigenvalue weighted by Crippen LogP contribution is 2.34. The highest BCUT2D eigenvalue weighted by Gasteiger charge is 2.38. The Kier molecular flexibility index (Phi) is 8.51. The first-order valence-electron chi connectivity index (χ1n) is 12.3. The van der Waals surface area contributed by atoms with Crippen molar-refractivity contribution >= 4 is 39.5 Å². The van der Waals surface area contributed by atoms with Crippen LogP contribution in [-0.4, -0.2) is 78.2 Å². The number of unbranched alkanes of at least 4 members (excludes halogenated alkanes) is 1. The lowest BCUT2D eigenvalue weighted by Gasteiger charge is -2.23. The van der Waals surface area contributed by atoms with Gasteiger partial charge in [0, 0.05) is 38.2 Å². The number of hydrogen-bond donors (Lipinski definition) is 1. The minimum Gasteiger partial charge on any atom is -0.465 e. The van der Waals surface area contributed by atoms with Crippen molar-refractivity contribution in [1.82, 2.24) is 14.1 Å². The summed E-state index contributed by atoms with van der Waals surface area (Å²) in [6.07, 6.45) is 2.14. The van der Waals surface area contributed by atoms with Gasteiger partial charge in [0.2, 0.25) is 15.9 Å². The molecule has 0 bridgehead atoms. The molecule has 2 aromatic carbocycles. The Morgan fingerprint density at radius 1 is 1.11 bits per heavy atom. The van der Waals surface area contributed by atoms with Crippen LogP contribution in [0.5, 0.6) is 0 Å². The van der Waals surface area contributed by atoms with Crippen molar-refractivity contribution in [3.05, 3.63) is 64.7 Å². The van der Waals surface area contributed by atoms with Crippen molar-refractivity contribution in [1.29, 1.82) is 0 Å². The molecule has 0 unspecified atom stereocenters. The molecule has 4 rings (SSSR count). The van der Waals surface area contributed by atoms with Crippen LogP contribution in [-0.2, 0) is 21.4 Å². The smallest absolute Gasteiger partial charge is 0.413 e. The molecule has 37 heavy (non-hydrogen) atoms. The maximum atomic E-state index is 13.2. The molecule has 0 radical (unpaired) electrons. The van der Waals surface area contributed by atoms with Crippen molar-refractivity contribution in [2.24, 2.45) is 4.99 Å². The predicted octanol–water partition coefficient (Wildman–Crippen LogP) is 4.06. The van der Waals surface area contributed by atoms with E-state index in [0.29, 0.717) is 51.3 Å². The van der Waals surface area contributed by atoms with Crippen LogP contribution in [0.1, 0.15) is 43.2 Å². The van der Waals surface area contributed by atoms with Gasteiger partial charge >= 0.3 is 6.09 Å². The quantitative estimate of drug-likeness (QED) is 0.427. The fraction of sp³-hybridized carbons (Fsp3) is 0.423. The largest absolute Gasteiger partial charge is 0.465 e. The van der Waals surface area contributed by atoms with E-state index in [9.17, 15) is 23.1 Å². The van der Waals surface area contributed by atoms with E-state index in [4.69, 9.17) is 11.6 Å². The van der Waals surface area contributed by atoms with Crippen LogP contribution in [0, 0.1) is 0 Å². The third kappa shape index (κ3) is 6.49. The molecule has 1 saturated carbocycles. The normalized spacial score (nSPS) is 15.6. The first kappa shape index (κ1) is 27.1. The van der Waals surface area contributed by atoms with E-state index in [2.05, 4.69) is 4.99 Å². The molecule has 0 saturated heterocycles. The molecule has 9 nitrogen and oxygen atoms in total. The van der Waals surface area contributed by atoms with Gasteiger partial charge in [-0.05, 0) is 43.4 Å². The van der Waals surface area contributed by atoms with E-state index < -0.39 is 16.1 Å². The van der Waals surface area contributed by atoms with E-state index in [-0.39, 0.29) is 21.9 Å². The van der Waals surface area contributed by atoms with Crippen LogP contribution in [0.4, 0.5) is 4.79 Å². The number of sulfonamides is 1. The zero-order valence-corrected chi connectivity index (χ0v) is 22.3. The van der Waals surface area contributed by atoms with Crippen molar-refractivity contribution in [3.8, 4) is 0 Å². The van der Waals surface area contributed by atoms with Gasteiger partial charge in [0.15, 0.2) is 0 Å². The van der Waals surface area contributed by atoms with Gasteiger partial charge in [0.1, 0.15) is 10.7 Å². The minimum absolute atomic E-state index is 0.000364. The second-order valence-corrected chi connectivity index (χ2v) is 11.6. The summed E-state index contributed by atoms with van der Waals surface area (Å²) < 4.78 is 27.9. The predicted molar refractivity (Wildman–Crippen MR) is 141 cm³/mol. The van der Waals surface area contributed by atoms with Crippen molar-refractivity contribution in [3.63, 3.8) is 0 Å². The monoisotopic (exact) mass is 546 g/mol. The minimum atomic E-state index is -3.68. The van der Waals surface area contributed by atoms with Gasteiger partial charge in [-0.25, -0.2) is 13.2 Å². The fourth-order valence-electron chi connectivity index (χ4n) is 4.38. The molecule has 0 atom stereocenters. The van der Waals surface area contributed by atoms with Crippen LogP contribution in [0.3, 0.4) is 0 Å². The van der Waals surface area contributed by atoms with E-state index in [0.717, 1.165) is 24.0 Å². The lowest BCUT2D eigenvalue weighted by atomic mass is 10.1.